The molecule has 0 aromatic heterocycles. The number of nitrogens with one attached hydrogen (secondary N) is 3. The number of nitrogens with zero attached hydrogens (tertiary/aromatic N) is 1. The molecule has 2 rings (SSSR count). The van der Waals surface area contributed by atoms with Gasteiger partial charge in [-0.05, 0) is 25.0 Å². The highest BCUT2D eigenvalue weighted by Gasteiger charge is 2.17. The predicted molar refractivity (Wildman–Crippen MR) is 112 cm³/mol. The zero-order valence-corrected chi connectivity index (χ0v) is 17.5. The van der Waals surface area contributed by atoms with Gasteiger partial charge in [-0.15, -0.1) is 0 Å². The van der Waals surface area contributed by atoms with Crippen molar-refractivity contribution in [2.24, 2.45) is 16.8 Å². The van der Waals surface area contributed by atoms with Crippen molar-refractivity contribution in [3.8, 4) is 5.75 Å². The first-order valence-electron chi connectivity index (χ1n) is 10.0. The topological polar surface area (TPSA) is 84.0 Å². The van der Waals surface area contributed by atoms with Crippen LogP contribution in [0.5, 0.6) is 5.75 Å². The van der Waals surface area contributed by atoms with Crippen LogP contribution in [-0.4, -0.2) is 51.8 Å². The highest BCUT2D eigenvalue weighted by molar-refractivity contribution is 5.80. The van der Waals surface area contributed by atoms with Gasteiger partial charge in [-0.25, -0.2) is 0 Å². The van der Waals surface area contributed by atoms with Gasteiger partial charge in [-0.3, -0.25) is 9.79 Å². The van der Waals surface area contributed by atoms with E-state index in [1.54, 1.807) is 7.05 Å². The summed E-state index contributed by atoms with van der Waals surface area (Å²) in [4.78, 5) is 15.8. The molecule has 7 nitrogen and oxygen atoms in total. The minimum absolute atomic E-state index is 0.00630. The van der Waals surface area contributed by atoms with E-state index in [1.165, 1.54) is 5.56 Å². The number of ether oxygens (including phenoxy) is 2. The molecule has 1 aromatic rings. The molecular weight excluding hydrogens is 356 g/mol. The van der Waals surface area contributed by atoms with Crippen LogP contribution < -0.4 is 20.7 Å². The molecule has 28 heavy (non-hydrogen) atoms. The molecule has 1 heterocycles. The summed E-state index contributed by atoms with van der Waals surface area (Å²) in [5.41, 5.74) is 2.25. The molecule has 156 valence electrons. The van der Waals surface area contributed by atoms with Crippen LogP contribution >= 0.6 is 0 Å². The van der Waals surface area contributed by atoms with Gasteiger partial charge in [0, 0.05) is 50.7 Å². The summed E-state index contributed by atoms with van der Waals surface area (Å²) in [6.07, 6.45) is 1.06. The van der Waals surface area contributed by atoms with Crippen LogP contribution in [0.1, 0.15) is 31.4 Å². The van der Waals surface area contributed by atoms with E-state index in [2.05, 4.69) is 46.1 Å². The van der Waals surface area contributed by atoms with E-state index in [1.807, 2.05) is 13.8 Å². The summed E-state index contributed by atoms with van der Waals surface area (Å²) in [6.45, 7) is 9.88. The summed E-state index contributed by atoms with van der Waals surface area (Å²) in [5, 5.41) is 9.39. The van der Waals surface area contributed by atoms with Gasteiger partial charge >= 0.3 is 0 Å². The molecule has 1 atom stereocenters. The quantitative estimate of drug-likeness (QED) is 0.340. The summed E-state index contributed by atoms with van der Waals surface area (Å²) < 4.78 is 11.5. The molecule has 0 radical (unpaired) electrons. The lowest BCUT2D eigenvalue weighted by molar-refractivity contribution is -0.123. The van der Waals surface area contributed by atoms with Gasteiger partial charge in [0.25, 0.3) is 0 Å². The van der Waals surface area contributed by atoms with Crippen molar-refractivity contribution in [3.05, 3.63) is 29.3 Å². The fourth-order valence-corrected chi connectivity index (χ4v) is 2.83. The van der Waals surface area contributed by atoms with E-state index in [0.29, 0.717) is 38.1 Å². The van der Waals surface area contributed by atoms with Gasteiger partial charge in [0.05, 0.1) is 13.2 Å². The first-order chi connectivity index (χ1) is 13.5. The lowest BCUT2D eigenvalue weighted by Crippen LogP contribution is -2.41. The third kappa shape index (κ3) is 7.38. The second-order valence-electron chi connectivity index (χ2n) is 7.45. The van der Waals surface area contributed by atoms with Crippen LogP contribution in [0.2, 0.25) is 0 Å². The Bertz CT molecular complexity index is 655. The Morgan fingerprint density at radius 3 is 2.75 bits per heavy atom. The summed E-state index contributed by atoms with van der Waals surface area (Å²) in [5.74, 6) is 2.11. The minimum Gasteiger partial charge on any atom is -0.493 e. The standard InChI is InChI=1S/C21H34N4O3/c1-15(2)20(26)23-8-9-24-21(22-4)25-12-18-6-5-16(3)11-19(18)28-14-17-7-10-27-13-17/h5-6,11,15,17H,7-10,12-14H2,1-4H3,(H,23,26)(H2,22,24,25). The van der Waals surface area contributed by atoms with Crippen LogP contribution in [0.3, 0.4) is 0 Å². The Kier molecular flexibility index (Phi) is 9.07. The van der Waals surface area contributed by atoms with Crippen LogP contribution in [-0.2, 0) is 16.1 Å². The van der Waals surface area contributed by atoms with E-state index < -0.39 is 0 Å². The van der Waals surface area contributed by atoms with Gasteiger partial charge in [-0.1, -0.05) is 26.0 Å². The van der Waals surface area contributed by atoms with E-state index in [9.17, 15) is 4.79 Å². The molecule has 0 bridgehead atoms. The number of aryl methyl sites for hydroxylation is 1. The van der Waals surface area contributed by atoms with Crippen molar-refractivity contribution in [1.82, 2.24) is 16.0 Å². The average Bonchev–Trinajstić information content (AvgIpc) is 3.20. The maximum Gasteiger partial charge on any atom is 0.222 e. The van der Waals surface area contributed by atoms with E-state index in [4.69, 9.17) is 9.47 Å². The first kappa shape index (κ1) is 22.0. The third-order valence-corrected chi connectivity index (χ3v) is 4.63. The first-order valence-corrected chi connectivity index (χ1v) is 10.0. The normalized spacial score (nSPS) is 16.9. The largest absolute Gasteiger partial charge is 0.493 e. The van der Waals surface area contributed by atoms with Crippen molar-refractivity contribution in [1.29, 1.82) is 0 Å². The maximum atomic E-state index is 11.6. The molecule has 0 saturated carbocycles. The summed E-state index contributed by atoms with van der Waals surface area (Å²) >= 11 is 0. The molecule has 0 aliphatic carbocycles. The molecule has 1 aliphatic heterocycles. The number of carbonyl (C=O) groups excluding carboxylic acids is 1. The zero-order chi connectivity index (χ0) is 20.4. The van der Waals surface area contributed by atoms with E-state index in [-0.39, 0.29) is 11.8 Å². The number of hydrogen-bond acceptors (Lipinski definition) is 4. The Morgan fingerprint density at radius 1 is 1.29 bits per heavy atom. The Morgan fingerprint density at radius 2 is 2.07 bits per heavy atom. The lowest BCUT2D eigenvalue weighted by Gasteiger charge is -2.17. The average molecular weight is 391 g/mol. The van der Waals surface area contributed by atoms with Gasteiger partial charge < -0.3 is 25.4 Å². The number of rotatable bonds is 9. The molecule has 7 heteroatoms. The van der Waals surface area contributed by atoms with Gasteiger partial charge in [-0.2, -0.15) is 0 Å². The highest BCUT2D eigenvalue weighted by Crippen LogP contribution is 2.22. The van der Waals surface area contributed by atoms with Crippen molar-refractivity contribution in [3.63, 3.8) is 0 Å². The van der Waals surface area contributed by atoms with Gasteiger partial charge in [0.2, 0.25) is 5.91 Å². The molecule has 1 aromatic carbocycles. The van der Waals surface area contributed by atoms with Crippen molar-refractivity contribution < 1.29 is 14.3 Å². The highest BCUT2D eigenvalue weighted by atomic mass is 16.5. The summed E-state index contributed by atoms with van der Waals surface area (Å²) in [6, 6.07) is 6.24. The van der Waals surface area contributed by atoms with E-state index in [0.717, 1.165) is 30.9 Å². The van der Waals surface area contributed by atoms with Crippen LogP contribution in [0.4, 0.5) is 0 Å². The number of aliphatic imine (C=N–C) groups is 1. The Labute approximate surface area is 168 Å². The Balaban J connectivity index is 1.81. The molecule has 1 unspecified atom stereocenters. The number of benzene rings is 1. The monoisotopic (exact) mass is 390 g/mol. The lowest BCUT2D eigenvalue weighted by atomic mass is 10.1. The predicted octanol–water partition coefficient (Wildman–Crippen LogP) is 1.85. The van der Waals surface area contributed by atoms with Crippen LogP contribution in [0.15, 0.2) is 23.2 Å². The molecule has 3 N–H and O–H groups in total. The van der Waals surface area contributed by atoms with Crippen LogP contribution in [0.25, 0.3) is 0 Å². The number of amides is 1. The molecule has 0 spiro atoms. The number of carbonyl (C=O) groups is 1. The molecular formula is C21H34N4O3. The van der Waals surface area contributed by atoms with E-state index >= 15 is 0 Å². The fourth-order valence-electron chi connectivity index (χ4n) is 2.83. The number of hydrogen-bond donors (Lipinski definition) is 3. The zero-order valence-electron chi connectivity index (χ0n) is 17.5. The van der Waals surface area contributed by atoms with Crippen molar-refractivity contribution in [2.45, 2.75) is 33.7 Å². The molecule has 1 fully saturated rings. The number of guanidine groups is 1. The Hall–Kier alpha value is -2.28. The minimum atomic E-state index is -0.00630. The smallest absolute Gasteiger partial charge is 0.222 e. The molecule has 1 saturated heterocycles. The molecule has 1 aliphatic rings. The second-order valence-corrected chi connectivity index (χ2v) is 7.45. The van der Waals surface area contributed by atoms with Crippen LogP contribution in [0, 0.1) is 18.8 Å². The van der Waals surface area contributed by atoms with Gasteiger partial charge in [0.1, 0.15) is 5.75 Å². The van der Waals surface area contributed by atoms with Crippen molar-refractivity contribution >= 4 is 11.9 Å². The third-order valence-electron chi connectivity index (χ3n) is 4.63. The maximum absolute atomic E-state index is 11.6. The van der Waals surface area contributed by atoms with Crippen molar-refractivity contribution in [2.75, 3.05) is 40.0 Å². The summed E-state index contributed by atoms with van der Waals surface area (Å²) in [7, 11) is 1.73. The fraction of sp³-hybridized carbons (Fsp3) is 0.619. The van der Waals surface area contributed by atoms with Gasteiger partial charge in [0.15, 0.2) is 5.96 Å². The SMILES string of the molecule is CN=C(NCCNC(=O)C(C)C)NCc1ccc(C)cc1OCC1CCOC1. The molecule has 1 amide bonds. The second kappa shape index (κ2) is 11.5.